The SMILES string of the molecule is O=C1N/C(=C/c2ccccn2)C(=O)N1[C@@H]1O[C@H](CO)[C@@H](O)[C@H](O)[C@H]1O. The number of aliphatic hydroxyl groups is 4. The Morgan fingerprint density at radius 3 is 2.60 bits per heavy atom. The molecule has 25 heavy (non-hydrogen) atoms. The fraction of sp³-hybridized carbons (Fsp3) is 0.400. The Morgan fingerprint density at radius 2 is 1.96 bits per heavy atom. The number of nitrogens with one attached hydrogen (secondary N) is 1. The van der Waals surface area contributed by atoms with Crippen molar-refractivity contribution in [3.05, 3.63) is 35.8 Å². The summed E-state index contributed by atoms with van der Waals surface area (Å²) in [7, 11) is 0. The number of carbonyl (C=O) groups is 2. The summed E-state index contributed by atoms with van der Waals surface area (Å²) >= 11 is 0. The van der Waals surface area contributed by atoms with Crippen LogP contribution >= 0.6 is 0 Å². The van der Waals surface area contributed by atoms with E-state index in [9.17, 15) is 30.0 Å². The zero-order valence-electron chi connectivity index (χ0n) is 12.9. The lowest BCUT2D eigenvalue weighted by Crippen LogP contribution is -2.64. The third-order valence-corrected chi connectivity index (χ3v) is 4.01. The Morgan fingerprint density at radius 1 is 1.20 bits per heavy atom. The van der Waals surface area contributed by atoms with E-state index in [1.54, 1.807) is 18.2 Å². The topological polar surface area (TPSA) is 152 Å². The first-order chi connectivity index (χ1) is 11.9. The minimum Gasteiger partial charge on any atom is -0.394 e. The van der Waals surface area contributed by atoms with Gasteiger partial charge in [0.15, 0.2) is 6.23 Å². The number of hydrogen-bond donors (Lipinski definition) is 5. The van der Waals surface area contributed by atoms with Crippen LogP contribution < -0.4 is 5.32 Å². The molecule has 3 rings (SSSR count). The van der Waals surface area contributed by atoms with Crippen molar-refractivity contribution in [2.24, 2.45) is 0 Å². The molecule has 0 aromatic carbocycles. The van der Waals surface area contributed by atoms with Gasteiger partial charge in [0.1, 0.15) is 30.1 Å². The number of imide groups is 1. The maximum Gasteiger partial charge on any atom is 0.331 e. The van der Waals surface area contributed by atoms with Gasteiger partial charge in [0.05, 0.1) is 12.3 Å². The van der Waals surface area contributed by atoms with Crippen LogP contribution in [0, 0.1) is 0 Å². The molecule has 2 fully saturated rings. The van der Waals surface area contributed by atoms with E-state index >= 15 is 0 Å². The van der Waals surface area contributed by atoms with Crippen LogP contribution in [0.2, 0.25) is 0 Å². The highest BCUT2D eigenvalue weighted by Crippen LogP contribution is 2.27. The number of aromatic nitrogens is 1. The number of carbonyl (C=O) groups excluding carboxylic acids is 2. The third-order valence-electron chi connectivity index (χ3n) is 4.01. The molecule has 0 aliphatic carbocycles. The maximum atomic E-state index is 12.5. The van der Waals surface area contributed by atoms with E-state index in [4.69, 9.17) is 4.74 Å². The van der Waals surface area contributed by atoms with Gasteiger partial charge in [0.25, 0.3) is 5.91 Å². The Hall–Kier alpha value is -2.37. The van der Waals surface area contributed by atoms with Gasteiger partial charge in [-0.1, -0.05) is 6.07 Å². The summed E-state index contributed by atoms with van der Waals surface area (Å²) in [6, 6.07) is 4.16. The number of pyridine rings is 1. The standard InChI is InChI=1S/C15H17N3O7/c19-6-9-10(20)11(21)12(22)14(25-9)18-13(23)8(17-15(18)24)5-7-3-1-2-4-16-7/h1-5,9-12,14,19-22H,6H2,(H,17,24)/b8-5+/t9-,10-,11+,12-,14-/m1/s1. The maximum absolute atomic E-state index is 12.5. The first-order valence-corrected chi connectivity index (χ1v) is 7.52. The Kier molecular flexibility index (Phi) is 4.79. The van der Waals surface area contributed by atoms with E-state index in [0.29, 0.717) is 10.6 Å². The van der Waals surface area contributed by atoms with Crippen LogP contribution in [0.5, 0.6) is 0 Å². The lowest BCUT2D eigenvalue weighted by Gasteiger charge is -2.42. The van der Waals surface area contributed by atoms with Crippen molar-refractivity contribution in [3.8, 4) is 0 Å². The molecule has 1 aromatic heterocycles. The molecule has 5 atom stereocenters. The van der Waals surface area contributed by atoms with Crippen molar-refractivity contribution in [1.29, 1.82) is 0 Å². The molecule has 10 nitrogen and oxygen atoms in total. The lowest BCUT2D eigenvalue weighted by atomic mass is 9.98. The molecule has 0 saturated carbocycles. The number of hydrogen-bond acceptors (Lipinski definition) is 8. The fourth-order valence-corrected chi connectivity index (χ4v) is 2.68. The van der Waals surface area contributed by atoms with Crippen molar-refractivity contribution in [1.82, 2.24) is 15.2 Å². The zero-order chi connectivity index (χ0) is 18.1. The molecule has 0 radical (unpaired) electrons. The summed E-state index contributed by atoms with van der Waals surface area (Å²) in [5.41, 5.74) is 0.350. The minimum atomic E-state index is -1.73. The Labute approximate surface area is 142 Å². The molecule has 3 amide bonds. The molecule has 2 saturated heterocycles. The van der Waals surface area contributed by atoms with Gasteiger partial charge in [-0.2, -0.15) is 0 Å². The number of amides is 3. The lowest BCUT2D eigenvalue weighted by molar-refractivity contribution is -0.253. The predicted molar refractivity (Wildman–Crippen MR) is 81.4 cm³/mol. The fourth-order valence-electron chi connectivity index (χ4n) is 2.68. The highest BCUT2D eigenvalue weighted by Gasteiger charge is 2.51. The molecule has 1 aromatic rings. The third kappa shape index (κ3) is 3.13. The molecule has 5 N–H and O–H groups in total. The van der Waals surface area contributed by atoms with E-state index in [1.165, 1.54) is 12.3 Å². The number of rotatable bonds is 3. The number of ether oxygens (including phenoxy) is 1. The second kappa shape index (κ2) is 6.86. The van der Waals surface area contributed by atoms with Crippen molar-refractivity contribution >= 4 is 18.0 Å². The van der Waals surface area contributed by atoms with Gasteiger partial charge in [-0.15, -0.1) is 0 Å². The largest absolute Gasteiger partial charge is 0.394 e. The quantitative estimate of drug-likeness (QED) is 0.303. The Balaban J connectivity index is 1.86. The molecule has 134 valence electrons. The summed E-state index contributed by atoms with van der Waals surface area (Å²) in [4.78, 5) is 29.3. The highest BCUT2D eigenvalue weighted by atomic mass is 16.6. The average Bonchev–Trinajstić information content (AvgIpc) is 2.88. The molecule has 0 spiro atoms. The summed E-state index contributed by atoms with van der Waals surface area (Å²) in [6.07, 6.45) is -4.93. The molecule has 2 aliphatic heterocycles. The van der Waals surface area contributed by atoms with E-state index in [-0.39, 0.29) is 5.70 Å². The number of nitrogens with zero attached hydrogens (tertiary/aromatic N) is 2. The predicted octanol–water partition coefficient (Wildman–Crippen LogP) is -2.23. The summed E-state index contributed by atoms with van der Waals surface area (Å²) in [6.45, 7) is -0.665. The molecular weight excluding hydrogens is 334 g/mol. The van der Waals surface area contributed by atoms with Crippen molar-refractivity contribution in [2.45, 2.75) is 30.6 Å². The van der Waals surface area contributed by atoms with Crippen molar-refractivity contribution < 1.29 is 34.8 Å². The molecule has 10 heteroatoms. The van der Waals surface area contributed by atoms with Gasteiger partial charge in [0, 0.05) is 6.20 Å². The summed E-state index contributed by atoms with van der Waals surface area (Å²) < 4.78 is 5.25. The molecule has 0 bridgehead atoms. The molecule has 3 heterocycles. The van der Waals surface area contributed by atoms with Crippen molar-refractivity contribution in [3.63, 3.8) is 0 Å². The van der Waals surface area contributed by atoms with Crippen LogP contribution in [0.1, 0.15) is 5.69 Å². The van der Waals surface area contributed by atoms with E-state index in [1.807, 2.05) is 0 Å². The monoisotopic (exact) mass is 351 g/mol. The molecule has 0 unspecified atom stereocenters. The van der Waals surface area contributed by atoms with Gasteiger partial charge < -0.3 is 30.5 Å². The smallest absolute Gasteiger partial charge is 0.331 e. The van der Waals surface area contributed by atoms with Crippen LogP contribution in [0.25, 0.3) is 6.08 Å². The number of urea groups is 1. The average molecular weight is 351 g/mol. The minimum absolute atomic E-state index is 0.0827. The van der Waals surface area contributed by atoms with Gasteiger partial charge in [0.2, 0.25) is 0 Å². The van der Waals surface area contributed by atoms with Crippen molar-refractivity contribution in [2.75, 3.05) is 6.61 Å². The van der Waals surface area contributed by atoms with Crippen LogP contribution in [0.15, 0.2) is 30.1 Å². The molecular formula is C15H17N3O7. The first kappa shape index (κ1) is 17.5. The van der Waals surface area contributed by atoms with Crippen LogP contribution in [0.4, 0.5) is 4.79 Å². The second-order valence-corrected chi connectivity index (χ2v) is 5.64. The first-order valence-electron chi connectivity index (χ1n) is 7.52. The van der Waals surface area contributed by atoms with Crippen LogP contribution in [0.3, 0.4) is 0 Å². The van der Waals surface area contributed by atoms with Crippen LogP contribution in [-0.2, 0) is 9.53 Å². The summed E-state index contributed by atoms with van der Waals surface area (Å²) in [5, 5.41) is 41.2. The number of aliphatic hydroxyl groups excluding tert-OH is 4. The highest BCUT2D eigenvalue weighted by molar-refractivity contribution is 6.14. The van der Waals surface area contributed by atoms with E-state index < -0.39 is 49.2 Å². The second-order valence-electron chi connectivity index (χ2n) is 5.64. The zero-order valence-corrected chi connectivity index (χ0v) is 12.9. The van der Waals surface area contributed by atoms with Gasteiger partial charge in [-0.3, -0.25) is 9.78 Å². The molecule has 2 aliphatic rings. The van der Waals surface area contributed by atoms with Gasteiger partial charge >= 0.3 is 6.03 Å². The Bertz CT molecular complexity index is 694. The summed E-state index contributed by atoms with van der Waals surface area (Å²) in [5.74, 6) is -0.792. The van der Waals surface area contributed by atoms with E-state index in [2.05, 4.69) is 10.3 Å². The normalized spacial score (nSPS) is 34.5. The van der Waals surface area contributed by atoms with E-state index in [0.717, 1.165) is 0 Å². The van der Waals surface area contributed by atoms with Crippen LogP contribution in [-0.4, -0.2) is 79.5 Å². The van der Waals surface area contributed by atoms with Gasteiger partial charge in [-0.25, -0.2) is 9.69 Å². The van der Waals surface area contributed by atoms with Gasteiger partial charge in [-0.05, 0) is 18.2 Å².